The molecule has 202 valence electrons. The van der Waals surface area contributed by atoms with Crippen LogP contribution < -0.4 is 0 Å². The van der Waals surface area contributed by atoms with Crippen LogP contribution in [-0.2, 0) is 30.8 Å². The van der Waals surface area contributed by atoms with E-state index in [1.54, 1.807) is 23.5 Å². The Balaban J connectivity index is 1.32. The van der Waals surface area contributed by atoms with E-state index in [2.05, 4.69) is 52.1 Å². The number of ether oxygens (including phenoxy) is 1. The van der Waals surface area contributed by atoms with Crippen LogP contribution in [0.1, 0.15) is 44.4 Å². The van der Waals surface area contributed by atoms with Crippen LogP contribution in [-0.4, -0.2) is 34.8 Å². The summed E-state index contributed by atoms with van der Waals surface area (Å²) in [6.45, 7) is 5.31. The van der Waals surface area contributed by atoms with E-state index in [1.165, 1.54) is 22.6 Å². The van der Waals surface area contributed by atoms with Crippen LogP contribution in [0.2, 0.25) is 0 Å². The molecule has 0 radical (unpaired) electrons. The van der Waals surface area contributed by atoms with E-state index in [9.17, 15) is 9.18 Å². The van der Waals surface area contributed by atoms with E-state index < -0.39 is 0 Å². The lowest BCUT2D eigenvalue weighted by Gasteiger charge is -2.27. The third-order valence-corrected chi connectivity index (χ3v) is 8.38. The lowest BCUT2D eigenvalue weighted by molar-refractivity contribution is 0.0526. The van der Waals surface area contributed by atoms with Crippen molar-refractivity contribution < 1.29 is 13.9 Å². The summed E-state index contributed by atoms with van der Waals surface area (Å²) >= 11 is 1.58. The standard InChI is InChI=1S/C33H30FN3O2S/c1-2-39-33(38)31-28-16-17-36(19-23-8-4-3-5-9-23)22-30(28)40-32(31)35-18-25-21-37(29-11-7-6-10-27(25)29)20-24-12-14-26(34)15-13-24/h3-15,18,21H,2,16-17,19-20,22H2,1H3. The first-order valence-electron chi connectivity index (χ1n) is 13.5. The number of hydrogen-bond donors (Lipinski definition) is 0. The van der Waals surface area contributed by atoms with Gasteiger partial charge in [0.15, 0.2) is 0 Å². The fourth-order valence-corrected chi connectivity index (χ4v) is 6.57. The van der Waals surface area contributed by atoms with Crippen molar-refractivity contribution in [2.24, 2.45) is 4.99 Å². The van der Waals surface area contributed by atoms with Crippen molar-refractivity contribution in [3.63, 3.8) is 0 Å². The summed E-state index contributed by atoms with van der Waals surface area (Å²) in [5, 5.41) is 1.77. The molecule has 0 saturated carbocycles. The predicted molar refractivity (Wildman–Crippen MR) is 159 cm³/mol. The van der Waals surface area contributed by atoms with E-state index in [0.717, 1.165) is 53.6 Å². The van der Waals surface area contributed by atoms with Crippen molar-refractivity contribution >= 4 is 39.4 Å². The first-order chi connectivity index (χ1) is 19.6. The first-order valence-corrected chi connectivity index (χ1v) is 14.3. The molecule has 0 saturated heterocycles. The van der Waals surface area contributed by atoms with Crippen molar-refractivity contribution in [2.75, 3.05) is 13.2 Å². The number of halogens is 1. The van der Waals surface area contributed by atoms with Gasteiger partial charge in [0, 0.05) is 59.9 Å². The molecule has 6 rings (SSSR count). The Morgan fingerprint density at radius 2 is 1.75 bits per heavy atom. The molecule has 0 bridgehead atoms. The molecular weight excluding hydrogens is 521 g/mol. The van der Waals surface area contributed by atoms with Gasteiger partial charge in [0.2, 0.25) is 0 Å². The molecule has 0 unspecified atom stereocenters. The number of carbonyl (C=O) groups excluding carboxylic acids is 1. The number of para-hydroxylation sites is 1. The molecule has 40 heavy (non-hydrogen) atoms. The molecule has 0 N–H and O–H groups in total. The maximum Gasteiger partial charge on any atom is 0.341 e. The van der Waals surface area contributed by atoms with Gasteiger partial charge in [-0.1, -0.05) is 60.7 Å². The minimum atomic E-state index is -0.303. The number of thiophene rings is 1. The highest BCUT2D eigenvalue weighted by atomic mass is 32.1. The number of hydrogen-bond acceptors (Lipinski definition) is 5. The Labute approximate surface area is 237 Å². The van der Waals surface area contributed by atoms with Crippen molar-refractivity contribution in [3.05, 3.63) is 124 Å². The quantitative estimate of drug-likeness (QED) is 0.149. The molecule has 5 aromatic rings. The summed E-state index contributed by atoms with van der Waals surface area (Å²) in [7, 11) is 0. The molecule has 3 heterocycles. The molecule has 0 aliphatic carbocycles. The molecule has 2 aromatic heterocycles. The summed E-state index contributed by atoms with van der Waals surface area (Å²) in [5.74, 6) is -0.546. The second-order valence-electron chi connectivity index (χ2n) is 9.96. The molecule has 0 atom stereocenters. The highest BCUT2D eigenvalue weighted by Gasteiger charge is 2.28. The molecule has 0 spiro atoms. The van der Waals surface area contributed by atoms with Crippen molar-refractivity contribution in [1.82, 2.24) is 9.47 Å². The number of carbonyl (C=O) groups is 1. The Kier molecular flexibility index (Phi) is 7.58. The molecular formula is C33H30FN3O2S. The number of aliphatic imine (C=N–C) groups is 1. The van der Waals surface area contributed by atoms with E-state index in [4.69, 9.17) is 9.73 Å². The van der Waals surface area contributed by atoms with Crippen LogP contribution >= 0.6 is 11.3 Å². The van der Waals surface area contributed by atoms with Gasteiger partial charge in [0.05, 0.1) is 12.2 Å². The molecule has 3 aromatic carbocycles. The number of aromatic nitrogens is 1. The molecule has 5 nitrogen and oxygen atoms in total. The first kappa shape index (κ1) is 26.2. The number of fused-ring (bicyclic) bond motifs is 2. The van der Waals surface area contributed by atoms with Gasteiger partial charge in [-0.25, -0.2) is 14.2 Å². The SMILES string of the molecule is CCOC(=O)c1c(N=Cc2cn(Cc3ccc(F)cc3)c3ccccc23)sc2c1CCN(Cc1ccccc1)C2. The number of rotatable bonds is 8. The van der Waals surface area contributed by atoms with Crippen molar-refractivity contribution in [2.45, 2.75) is 33.0 Å². The maximum atomic E-state index is 13.4. The Bertz CT molecular complexity index is 1670. The van der Waals surface area contributed by atoms with Gasteiger partial charge >= 0.3 is 5.97 Å². The third-order valence-electron chi connectivity index (χ3n) is 7.25. The highest BCUT2D eigenvalue weighted by molar-refractivity contribution is 7.16. The zero-order valence-corrected chi connectivity index (χ0v) is 23.2. The van der Waals surface area contributed by atoms with Gasteiger partial charge in [-0.15, -0.1) is 11.3 Å². The Morgan fingerprint density at radius 1 is 1.00 bits per heavy atom. The van der Waals surface area contributed by atoms with Crippen molar-refractivity contribution in [3.8, 4) is 0 Å². The van der Waals surface area contributed by atoms with Crippen molar-refractivity contribution in [1.29, 1.82) is 0 Å². The number of esters is 1. The van der Waals surface area contributed by atoms with Crippen LogP contribution in [0.15, 0.2) is 90.1 Å². The van der Waals surface area contributed by atoms with Gasteiger partial charge in [-0.2, -0.15) is 0 Å². The second-order valence-corrected chi connectivity index (χ2v) is 11.0. The van der Waals surface area contributed by atoms with Crippen LogP contribution in [0, 0.1) is 5.82 Å². The van der Waals surface area contributed by atoms with E-state index in [0.29, 0.717) is 23.7 Å². The molecule has 1 aliphatic rings. The second kappa shape index (κ2) is 11.6. The van der Waals surface area contributed by atoms with E-state index in [-0.39, 0.29) is 11.8 Å². The fourth-order valence-electron chi connectivity index (χ4n) is 5.35. The maximum absolute atomic E-state index is 13.4. The van der Waals surface area contributed by atoms with Gasteiger partial charge in [-0.3, -0.25) is 4.90 Å². The van der Waals surface area contributed by atoms with Crippen LogP contribution in [0.3, 0.4) is 0 Å². The summed E-state index contributed by atoms with van der Waals surface area (Å²) < 4.78 is 21.0. The minimum Gasteiger partial charge on any atom is -0.462 e. The zero-order valence-electron chi connectivity index (χ0n) is 22.3. The third kappa shape index (κ3) is 5.48. The van der Waals surface area contributed by atoms with E-state index >= 15 is 0 Å². The lowest BCUT2D eigenvalue weighted by atomic mass is 10.0. The summed E-state index contributed by atoms with van der Waals surface area (Å²) in [6, 6.07) is 25.2. The normalized spacial score (nSPS) is 13.7. The Hall–Kier alpha value is -4.07. The average Bonchev–Trinajstić information content (AvgIpc) is 3.51. The molecule has 0 fully saturated rings. The lowest BCUT2D eigenvalue weighted by Crippen LogP contribution is -2.29. The zero-order chi connectivity index (χ0) is 27.5. The summed E-state index contributed by atoms with van der Waals surface area (Å²) in [6.07, 6.45) is 4.71. The summed E-state index contributed by atoms with van der Waals surface area (Å²) in [4.78, 5) is 21.6. The van der Waals surface area contributed by atoms with Crippen LogP contribution in [0.4, 0.5) is 9.39 Å². The largest absolute Gasteiger partial charge is 0.462 e. The van der Waals surface area contributed by atoms with Gasteiger partial charge < -0.3 is 9.30 Å². The Morgan fingerprint density at radius 3 is 2.55 bits per heavy atom. The van der Waals surface area contributed by atoms with Gasteiger partial charge in [-0.05, 0) is 48.2 Å². The topological polar surface area (TPSA) is 46.8 Å². The smallest absolute Gasteiger partial charge is 0.341 e. The highest BCUT2D eigenvalue weighted by Crippen LogP contribution is 2.40. The van der Waals surface area contributed by atoms with Gasteiger partial charge in [0.1, 0.15) is 10.8 Å². The fraction of sp³-hybridized carbons (Fsp3) is 0.212. The minimum absolute atomic E-state index is 0.242. The van der Waals surface area contributed by atoms with Gasteiger partial charge in [0.25, 0.3) is 0 Å². The number of nitrogens with zero attached hydrogens (tertiary/aromatic N) is 3. The number of benzene rings is 3. The average molecular weight is 552 g/mol. The van der Waals surface area contributed by atoms with E-state index in [1.807, 2.05) is 31.3 Å². The van der Waals surface area contributed by atoms with Crippen LogP contribution in [0.25, 0.3) is 10.9 Å². The monoisotopic (exact) mass is 551 g/mol. The van der Waals surface area contributed by atoms with Crippen LogP contribution in [0.5, 0.6) is 0 Å². The molecule has 7 heteroatoms. The predicted octanol–water partition coefficient (Wildman–Crippen LogP) is 7.38. The summed E-state index contributed by atoms with van der Waals surface area (Å²) in [5.41, 5.74) is 6.00. The molecule has 0 amide bonds. The molecule has 1 aliphatic heterocycles.